The minimum Gasteiger partial charge on any atom is -0.244 e. The summed E-state index contributed by atoms with van der Waals surface area (Å²) in [6.45, 7) is 11.2. The molecule has 0 unspecified atom stereocenters. The highest BCUT2D eigenvalue weighted by Crippen LogP contribution is 2.44. The molecular weight excluding hydrogens is 573 g/mol. The van der Waals surface area contributed by atoms with E-state index in [2.05, 4.69) is 124 Å². The third kappa shape index (κ3) is 4.08. The van der Waals surface area contributed by atoms with E-state index in [1.165, 1.54) is 60.7 Å². The van der Waals surface area contributed by atoms with Gasteiger partial charge in [0.1, 0.15) is 8.07 Å². The maximum Gasteiger partial charge on any atom is 0.119 e. The summed E-state index contributed by atoms with van der Waals surface area (Å²) >= 11 is 0. The van der Waals surface area contributed by atoms with Crippen LogP contribution in [0.25, 0.3) is 71.4 Å². The first-order chi connectivity index (χ1) is 22.6. The summed E-state index contributed by atoms with van der Waals surface area (Å²) in [5.74, 6) is 0. The smallest absolute Gasteiger partial charge is 0.119 e. The van der Waals surface area contributed by atoms with Gasteiger partial charge in [-0.1, -0.05) is 136 Å². The number of benzene rings is 6. The van der Waals surface area contributed by atoms with Gasteiger partial charge in [-0.15, -0.1) is 0 Å². The third-order valence-corrected chi connectivity index (χ3v) is 15.5. The monoisotopic (exact) mass is 608 g/mol. The Bertz CT molecular complexity index is 2410. The molecule has 8 rings (SSSR count). The van der Waals surface area contributed by atoms with E-state index in [-0.39, 0.29) is 0 Å². The normalized spacial score (nSPS) is 14.2. The number of hydrogen-bond acceptors (Lipinski definition) is 2. The van der Waals surface area contributed by atoms with E-state index >= 15 is 0 Å². The van der Waals surface area contributed by atoms with Gasteiger partial charge >= 0.3 is 0 Å². The summed E-state index contributed by atoms with van der Waals surface area (Å²) < 4.78 is 0. The summed E-state index contributed by atoms with van der Waals surface area (Å²) in [4.78, 5) is 10.4. The molecule has 6 aromatic carbocycles. The van der Waals surface area contributed by atoms with E-state index in [1.807, 2.05) is 30.3 Å². The number of allylic oxidation sites excluding steroid dienone is 5. The lowest BCUT2D eigenvalue weighted by atomic mass is 9.90. The molecule has 0 fully saturated rings. The van der Waals surface area contributed by atoms with E-state index in [0.717, 1.165) is 33.5 Å². The highest BCUT2D eigenvalue weighted by molar-refractivity contribution is 7.01. The molecule has 0 spiro atoms. The molecule has 0 N–H and O–H groups in total. The van der Waals surface area contributed by atoms with Crippen LogP contribution in [0.3, 0.4) is 0 Å². The Kier molecular flexibility index (Phi) is 6.81. The molecule has 0 saturated heterocycles. The predicted molar refractivity (Wildman–Crippen MR) is 201 cm³/mol. The summed E-state index contributed by atoms with van der Waals surface area (Å²) in [5, 5.41) is 10.8. The summed E-state index contributed by atoms with van der Waals surface area (Å²) in [7, 11) is -1.92. The molecule has 2 heterocycles. The number of rotatable bonds is 6. The molecule has 3 heteroatoms. The van der Waals surface area contributed by atoms with Crippen molar-refractivity contribution in [2.75, 3.05) is 0 Å². The van der Waals surface area contributed by atoms with Crippen molar-refractivity contribution in [1.29, 1.82) is 0 Å². The van der Waals surface area contributed by atoms with E-state index in [0.29, 0.717) is 0 Å². The van der Waals surface area contributed by atoms with Crippen LogP contribution in [0.2, 0.25) is 12.1 Å². The second-order valence-corrected chi connectivity index (χ2v) is 17.0. The number of nitrogens with zero attached hydrogens (tertiary/aromatic N) is 2. The zero-order valence-corrected chi connectivity index (χ0v) is 27.6. The first-order valence-electron chi connectivity index (χ1n) is 16.4. The lowest BCUT2D eigenvalue weighted by Gasteiger charge is -2.28. The maximum absolute atomic E-state index is 5.22. The molecule has 0 bridgehead atoms. The van der Waals surface area contributed by atoms with E-state index in [9.17, 15) is 0 Å². The van der Waals surface area contributed by atoms with Gasteiger partial charge in [0.25, 0.3) is 0 Å². The fraction of sp³-hybridized carbons (Fsp3) is 0.116. The first-order valence-corrected chi connectivity index (χ1v) is 18.8. The van der Waals surface area contributed by atoms with Crippen LogP contribution in [-0.4, -0.2) is 18.0 Å². The van der Waals surface area contributed by atoms with E-state index in [4.69, 9.17) is 9.97 Å². The van der Waals surface area contributed by atoms with Crippen molar-refractivity contribution in [3.8, 4) is 22.5 Å². The Hall–Kier alpha value is -5.12. The fourth-order valence-corrected chi connectivity index (χ4v) is 12.7. The standard InChI is InChI=1S/C43H36N2Si/c1-5-16-40-30(6-2)37-26-35-33-24-23-29(43-42(28-17-10-9-11-18-28)44-38-21-14-15-22-39(38)45-43)25-34(33)31-19-12-13-20-32(31)36(35)27-41(37)46(40,7-3)8-4/h5-6,9-27H,2,7-8H2,1,3-4H3/b16-5-. The number of para-hydroxylation sites is 2. The lowest BCUT2D eigenvalue weighted by Crippen LogP contribution is -2.46. The van der Waals surface area contributed by atoms with Gasteiger partial charge in [0, 0.05) is 11.1 Å². The summed E-state index contributed by atoms with van der Waals surface area (Å²) in [6, 6.07) is 41.8. The van der Waals surface area contributed by atoms with Gasteiger partial charge in [-0.25, -0.2) is 9.97 Å². The molecule has 222 valence electrons. The summed E-state index contributed by atoms with van der Waals surface area (Å²) in [5.41, 5.74) is 8.43. The van der Waals surface area contributed by atoms with E-state index < -0.39 is 8.07 Å². The molecule has 7 aromatic rings. The van der Waals surface area contributed by atoms with Gasteiger partial charge in [-0.3, -0.25) is 0 Å². The van der Waals surface area contributed by atoms with Crippen molar-refractivity contribution in [3.05, 3.63) is 145 Å². The van der Waals surface area contributed by atoms with Crippen LogP contribution >= 0.6 is 0 Å². The molecular formula is C43H36N2Si. The first kappa shape index (κ1) is 28.4. The topological polar surface area (TPSA) is 25.8 Å². The van der Waals surface area contributed by atoms with Crippen molar-refractivity contribution < 1.29 is 0 Å². The van der Waals surface area contributed by atoms with E-state index in [1.54, 1.807) is 5.19 Å². The van der Waals surface area contributed by atoms with Crippen LogP contribution in [0.4, 0.5) is 0 Å². The minimum absolute atomic E-state index is 0.899. The fourth-order valence-electron chi connectivity index (χ4n) is 7.96. The molecule has 46 heavy (non-hydrogen) atoms. The van der Waals surface area contributed by atoms with Crippen LogP contribution in [0.5, 0.6) is 0 Å². The highest BCUT2D eigenvalue weighted by atomic mass is 28.3. The SMILES string of the molecule is C=CC1=C(/C=C\C)[Si](CC)(CC)c2cc3c4ccccc4c4cc(-c5nc6ccccc6nc5-c5ccccc5)ccc4c3cc21. The second-order valence-electron chi connectivity index (χ2n) is 12.3. The molecule has 0 aliphatic carbocycles. The Balaban J connectivity index is 1.45. The third-order valence-electron chi connectivity index (χ3n) is 10.2. The van der Waals surface area contributed by atoms with Crippen LogP contribution in [0.1, 0.15) is 26.3 Å². The van der Waals surface area contributed by atoms with Crippen molar-refractivity contribution >= 4 is 62.2 Å². The number of hydrogen-bond donors (Lipinski definition) is 0. The Morgan fingerprint density at radius 2 is 1.17 bits per heavy atom. The van der Waals surface area contributed by atoms with Gasteiger partial charge in [-0.05, 0) is 85.0 Å². The van der Waals surface area contributed by atoms with Gasteiger partial charge in [0.2, 0.25) is 0 Å². The predicted octanol–water partition coefficient (Wildman–Crippen LogP) is 11.2. The van der Waals surface area contributed by atoms with Gasteiger partial charge in [0.15, 0.2) is 0 Å². The Morgan fingerprint density at radius 3 is 1.80 bits per heavy atom. The van der Waals surface area contributed by atoms with Crippen LogP contribution in [-0.2, 0) is 0 Å². The largest absolute Gasteiger partial charge is 0.244 e. The van der Waals surface area contributed by atoms with Gasteiger partial charge in [-0.2, -0.15) is 0 Å². The molecule has 1 aliphatic heterocycles. The zero-order chi connectivity index (χ0) is 31.4. The highest BCUT2D eigenvalue weighted by Gasteiger charge is 2.43. The number of aromatic nitrogens is 2. The van der Waals surface area contributed by atoms with Crippen molar-refractivity contribution in [2.24, 2.45) is 0 Å². The second kappa shape index (κ2) is 11.0. The minimum atomic E-state index is -1.92. The number of fused-ring (bicyclic) bond motifs is 8. The molecule has 0 amide bonds. The molecule has 0 atom stereocenters. The van der Waals surface area contributed by atoms with Crippen LogP contribution in [0.15, 0.2) is 139 Å². The molecule has 0 saturated carbocycles. The average molecular weight is 609 g/mol. The van der Waals surface area contributed by atoms with Crippen molar-refractivity contribution in [1.82, 2.24) is 9.97 Å². The lowest BCUT2D eigenvalue weighted by molar-refractivity contribution is 1.28. The van der Waals surface area contributed by atoms with Crippen molar-refractivity contribution in [2.45, 2.75) is 32.9 Å². The average Bonchev–Trinajstić information content (AvgIpc) is 3.38. The Morgan fingerprint density at radius 1 is 0.609 bits per heavy atom. The molecule has 1 aliphatic rings. The van der Waals surface area contributed by atoms with Crippen LogP contribution in [0, 0.1) is 0 Å². The zero-order valence-electron chi connectivity index (χ0n) is 26.6. The van der Waals surface area contributed by atoms with Crippen molar-refractivity contribution in [3.63, 3.8) is 0 Å². The van der Waals surface area contributed by atoms with Gasteiger partial charge in [0.05, 0.1) is 22.4 Å². The summed E-state index contributed by atoms with van der Waals surface area (Å²) in [6.07, 6.45) is 6.69. The molecule has 1 aromatic heterocycles. The van der Waals surface area contributed by atoms with Crippen LogP contribution < -0.4 is 5.19 Å². The molecule has 0 radical (unpaired) electrons. The Labute approximate surface area is 271 Å². The van der Waals surface area contributed by atoms with Gasteiger partial charge < -0.3 is 0 Å². The quantitative estimate of drug-likeness (QED) is 0.139. The molecule has 2 nitrogen and oxygen atoms in total. The maximum atomic E-state index is 5.22.